The highest BCUT2D eigenvalue weighted by Gasteiger charge is 2.11. The molecule has 3 aromatic carbocycles. The van der Waals surface area contributed by atoms with Crippen molar-refractivity contribution in [2.24, 2.45) is 0 Å². The van der Waals surface area contributed by atoms with Gasteiger partial charge < -0.3 is 4.74 Å². The van der Waals surface area contributed by atoms with Gasteiger partial charge in [0, 0.05) is 5.39 Å². The third kappa shape index (κ3) is 2.29. The first-order valence-corrected chi connectivity index (χ1v) is 6.42. The molecule has 0 saturated heterocycles. The maximum absolute atomic E-state index is 9.24. The van der Waals surface area contributed by atoms with Crippen LogP contribution in [0.25, 0.3) is 10.8 Å². The normalized spacial score (nSPS) is 9.81. The van der Waals surface area contributed by atoms with Gasteiger partial charge in [-0.1, -0.05) is 42.5 Å². The van der Waals surface area contributed by atoms with E-state index in [1.54, 1.807) is 18.2 Å². The molecule has 0 aliphatic carbocycles. The van der Waals surface area contributed by atoms with Gasteiger partial charge in [-0.2, -0.15) is 10.5 Å². The van der Waals surface area contributed by atoms with Crippen LogP contribution in [0.3, 0.4) is 0 Å². The molecule has 0 heterocycles. The Morgan fingerprint density at radius 1 is 0.714 bits per heavy atom. The highest BCUT2D eigenvalue weighted by Crippen LogP contribution is 2.32. The van der Waals surface area contributed by atoms with Crippen LogP contribution in [-0.2, 0) is 0 Å². The Hall–Kier alpha value is -3.30. The minimum absolute atomic E-state index is 0.257. The summed E-state index contributed by atoms with van der Waals surface area (Å²) in [5.74, 6) is 1.06. The molecule has 0 aliphatic heterocycles. The van der Waals surface area contributed by atoms with Crippen LogP contribution in [0.4, 0.5) is 0 Å². The number of ether oxygens (including phenoxy) is 1. The van der Waals surface area contributed by atoms with Crippen LogP contribution in [0.15, 0.2) is 60.7 Å². The second kappa shape index (κ2) is 5.36. The van der Waals surface area contributed by atoms with Crippen molar-refractivity contribution in [1.82, 2.24) is 0 Å². The fourth-order valence-corrected chi connectivity index (χ4v) is 2.23. The molecule has 0 amide bonds. The van der Waals surface area contributed by atoms with Crippen molar-refractivity contribution in [3.63, 3.8) is 0 Å². The van der Waals surface area contributed by atoms with Crippen molar-refractivity contribution in [3.05, 3.63) is 71.8 Å². The van der Waals surface area contributed by atoms with Gasteiger partial charge in [-0.05, 0) is 23.6 Å². The van der Waals surface area contributed by atoms with Crippen molar-refractivity contribution in [2.75, 3.05) is 0 Å². The second-order valence-electron chi connectivity index (χ2n) is 4.48. The number of fused-ring (bicyclic) bond motifs is 1. The van der Waals surface area contributed by atoms with Gasteiger partial charge in [-0.25, -0.2) is 0 Å². The van der Waals surface area contributed by atoms with E-state index in [0.717, 1.165) is 10.8 Å². The zero-order valence-corrected chi connectivity index (χ0v) is 11.1. The number of nitriles is 2. The van der Waals surface area contributed by atoms with E-state index < -0.39 is 0 Å². The third-order valence-corrected chi connectivity index (χ3v) is 3.23. The van der Waals surface area contributed by atoms with Gasteiger partial charge in [0.25, 0.3) is 0 Å². The van der Waals surface area contributed by atoms with E-state index in [0.29, 0.717) is 17.1 Å². The van der Waals surface area contributed by atoms with E-state index in [2.05, 4.69) is 0 Å². The molecule has 0 fully saturated rings. The summed E-state index contributed by atoms with van der Waals surface area (Å²) >= 11 is 0. The van der Waals surface area contributed by atoms with Crippen LogP contribution in [-0.4, -0.2) is 0 Å². The Balaban J connectivity index is 2.12. The lowest BCUT2D eigenvalue weighted by Crippen LogP contribution is -1.92. The highest BCUT2D eigenvalue weighted by atomic mass is 16.5. The van der Waals surface area contributed by atoms with E-state index >= 15 is 0 Å². The molecule has 0 spiro atoms. The molecular weight excluding hydrogens is 260 g/mol. The molecule has 3 nitrogen and oxygen atoms in total. The second-order valence-corrected chi connectivity index (χ2v) is 4.48. The van der Waals surface area contributed by atoms with Gasteiger partial charge in [-0.15, -0.1) is 0 Å². The lowest BCUT2D eigenvalue weighted by molar-refractivity contribution is 0.486. The van der Waals surface area contributed by atoms with Crippen LogP contribution in [0, 0.1) is 22.7 Å². The first-order chi connectivity index (χ1) is 10.3. The van der Waals surface area contributed by atoms with Gasteiger partial charge in [-0.3, -0.25) is 0 Å². The minimum atomic E-state index is 0.257. The zero-order chi connectivity index (χ0) is 14.7. The van der Waals surface area contributed by atoms with Crippen LogP contribution < -0.4 is 4.74 Å². The van der Waals surface area contributed by atoms with Crippen LogP contribution in [0.1, 0.15) is 11.1 Å². The van der Waals surface area contributed by atoms with Crippen molar-refractivity contribution < 1.29 is 4.74 Å². The van der Waals surface area contributed by atoms with Gasteiger partial charge in [0.15, 0.2) is 0 Å². The summed E-state index contributed by atoms with van der Waals surface area (Å²) in [5.41, 5.74) is 0.572. The first kappa shape index (κ1) is 12.7. The summed E-state index contributed by atoms with van der Waals surface area (Å²) in [4.78, 5) is 0. The Bertz CT molecular complexity index is 896. The molecule has 0 bridgehead atoms. The summed E-state index contributed by atoms with van der Waals surface area (Å²) in [7, 11) is 0. The van der Waals surface area contributed by atoms with Crippen LogP contribution in [0.5, 0.6) is 11.5 Å². The molecule has 98 valence electrons. The number of hydrogen-bond donors (Lipinski definition) is 0. The fraction of sp³-hybridized carbons (Fsp3) is 0. The molecule has 3 rings (SSSR count). The first-order valence-electron chi connectivity index (χ1n) is 6.42. The summed E-state index contributed by atoms with van der Waals surface area (Å²) in [5, 5.41) is 20.3. The maximum atomic E-state index is 9.24. The lowest BCUT2D eigenvalue weighted by Gasteiger charge is -2.10. The van der Waals surface area contributed by atoms with Crippen molar-refractivity contribution in [3.8, 4) is 23.6 Å². The third-order valence-electron chi connectivity index (χ3n) is 3.23. The summed E-state index contributed by atoms with van der Waals surface area (Å²) in [6.07, 6.45) is 0. The summed E-state index contributed by atoms with van der Waals surface area (Å²) < 4.78 is 5.88. The molecule has 0 radical (unpaired) electrons. The molecule has 0 atom stereocenters. The van der Waals surface area contributed by atoms with E-state index in [1.165, 1.54) is 0 Å². The van der Waals surface area contributed by atoms with E-state index in [-0.39, 0.29) is 5.56 Å². The minimum Gasteiger partial charge on any atom is -0.455 e. The van der Waals surface area contributed by atoms with Gasteiger partial charge in [0.1, 0.15) is 29.2 Å². The molecule has 0 aliphatic rings. The average molecular weight is 270 g/mol. The SMILES string of the molecule is N#Cc1cccc(Oc2cccc3ccccc23)c1C#N. The molecule has 3 aromatic rings. The number of rotatable bonds is 2. The molecule has 0 N–H and O–H groups in total. The standard InChI is InChI=1S/C18H10N2O/c19-11-14-7-4-10-18(16(14)12-20)21-17-9-3-6-13-5-1-2-8-15(13)17/h1-10H. The Kier molecular flexibility index (Phi) is 3.25. The summed E-state index contributed by atoms with van der Waals surface area (Å²) in [6, 6.07) is 22.7. The zero-order valence-electron chi connectivity index (χ0n) is 11.1. The molecule has 0 saturated carbocycles. The molecule has 21 heavy (non-hydrogen) atoms. The number of benzene rings is 3. The van der Waals surface area contributed by atoms with Crippen molar-refractivity contribution >= 4 is 10.8 Å². The van der Waals surface area contributed by atoms with Crippen molar-refractivity contribution in [2.45, 2.75) is 0 Å². The van der Waals surface area contributed by atoms with Crippen molar-refractivity contribution in [1.29, 1.82) is 10.5 Å². The average Bonchev–Trinajstić information content (AvgIpc) is 2.55. The van der Waals surface area contributed by atoms with E-state index in [4.69, 9.17) is 10.00 Å². The number of nitrogens with zero attached hydrogens (tertiary/aromatic N) is 2. The highest BCUT2D eigenvalue weighted by molar-refractivity contribution is 5.88. The van der Waals surface area contributed by atoms with Crippen LogP contribution in [0.2, 0.25) is 0 Å². The summed E-state index contributed by atoms with van der Waals surface area (Å²) in [6.45, 7) is 0. The number of hydrogen-bond acceptors (Lipinski definition) is 3. The largest absolute Gasteiger partial charge is 0.455 e. The smallest absolute Gasteiger partial charge is 0.146 e. The predicted molar refractivity (Wildman–Crippen MR) is 79.9 cm³/mol. The van der Waals surface area contributed by atoms with Crippen LogP contribution >= 0.6 is 0 Å². The van der Waals surface area contributed by atoms with E-state index in [9.17, 15) is 5.26 Å². The topological polar surface area (TPSA) is 56.8 Å². The molecule has 0 aromatic heterocycles. The molecule has 3 heteroatoms. The maximum Gasteiger partial charge on any atom is 0.146 e. The van der Waals surface area contributed by atoms with E-state index in [1.807, 2.05) is 54.6 Å². The Morgan fingerprint density at radius 2 is 1.43 bits per heavy atom. The molecular formula is C18H10N2O. The predicted octanol–water partition coefficient (Wildman–Crippen LogP) is 4.38. The lowest BCUT2D eigenvalue weighted by atomic mass is 10.1. The Morgan fingerprint density at radius 3 is 2.24 bits per heavy atom. The fourth-order valence-electron chi connectivity index (χ4n) is 2.23. The monoisotopic (exact) mass is 270 g/mol. The van der Waals surface area contributed by atoms with Gasteiger partial charge >= 0.3 is 0 Å². The van der Waals surface area contributed by atoms with Gasteiger partial charge in [0.2, 0.25) is 0 Å². The quantitative estimate of drug-likeness (QED) is 0.694. The molecule has 0 unspecified atom stereocenters. The Labute approximate surface area is 122 Å². The van der Waals surface area contributed by atoms with Gasteiger partial charge in [0.05, 0.1) is 5.56 Å².